The number of carbonyl (C=O) groups excluding carboxylic acids is 1. The summed E-state index contributed by atoms with van der Waals surface area (Å²) < 4.78 is 0. The molecule has 1 amide bonds. The highest BCUT2D eigenvalue weighted by Gasteiger charge is 2.40. The lowest BCUT2D eigenvalue weighted by Crippen LogP contribution is -2.53. The summed E-state index contributed by atoms with van der Waals surface area (Å²) in [7, 11) is 0. The third kappa shape index (κ3) is 2.88. The molecule has 0 aromatic carbocycles. The molecule has 1 atom stereocenters. The predicted octanol–water partition coefficient (Wildman–Crippen LogP) is 2.07. The lowest BCUT2D eigenvalue weighted by molar-refractivity contribution is -0.141. The molecule has 5 heteroatoms. The van der Waals surface area contributed by atoms with Crippen molar-refractivity contribution in [3.63, 3.8) is 0 Å². The van der Waals surface area contributed by atoms with Gasteiger partial charge in [0, 0.05) is 36.5 Å². The molecule has 2 aliphatic rings. The van der Waals surface area contributed by atoms with Crippen molar-refractivity contribution in [2.45, 2.75) is 45.1 Å². The first-order chi connectivity index (χ1) is 9.69. The van der Waals surface area contributed by atoms with Crippen molar-refractivity contribution in [2.24, 2.45) is 5.41 Å². The average Bonchev–Trinajstić information content (AvgIpc) is 2.96. The fourth-order valence-corrected chi connectivity index (χ4v) is 4.27. The van der Waals surface area contributed by atoms with Gasteiger partial charge in [-0.1, -0.05) is 0 Å². The van der Waals surface area contributed by atoms with Crippen LogP contribution in [-0.2, 0) is 11.2 Å². The van der Waals surface area contributed by atoms with Gasteiger partial charge in [0.1, 0.15) is 0 Å². The van der Waals surface area contributed by atoms with Gasteiger partial charge < -0.3 is 10.2 Å². The van der Waals surface area contributed by atoms with E-state index >= 15 is 0 Å². The van der Waals surface area contributed by atoms with Crippen LogP contribution in [0.4, 0.5) is 0 Å². The molecule has 2 fully saturated rings. The van der Waals surface area contributed by atoms with Crippen molar-refractivity contribution in [2.75, 3.05) is 19.6 Å². The standard InChI is InChI=1S/C15H23N3OS/c1-12(8-13-9-17-11-20-13)18-10-15(3-2-14(18)19)4-6-16-7-5-15/h9,11-12,16H,2-8,10H2,1H3/t12-/m1/s1. The van der Waals surface area contributed by atoms with E-state index < -0.39 is 0 Å². The molecule has 2 aliphatic heterocycles. The minimum absolute atomic E-state index is 0.287. The Morgan fingerprint density at radius 1 is 1.45 bits per heavy atom. The minimum atomic E-state index is 0.287. The molecule has 1 aromatic rings. The first-order valence-corrected chi connectivity index (χ1v) is 8.44. The van der Waals surface area contributed by atoms with Crippen LogP contribution in [0.3, 0.4) is 0 Å². The van der Waals surface area contributed by atoms with Crippen molar-refractivity contribution >= 4 is 17.2 Å². The predicted molar refractivity (Wildman–Crippen MR) is 80.8 cm³/mol. The summed E-state index contributed by atoms with van der Waals surface area (Å²) in [5.41, 5.74) is 2.25. The second-order valence-electron chi connectivity index (χ2n) is 6.29. The molecule has 0 unspecified atom stereocenters. The first-order valence-electron chi connectivity index (χ1n) is 7.56. The first kappa shape index (κ1) is 14.0. The highest BCUT2D eigenvalue weighted by Crippen LogP contribution is 2.39. The van der Waals surface area contributed by atoms with Gasteiger partial charge in [0.2, 0.25) is 5.91 Å². The number of rotatable bonds is 3. The maximum absolute atomic E-state index is 12.3. The van der Waals surface area contributed by atoms with E-state index in [1.807, 2.05) is 11.7 Å². The van der Waals surface area contributed by atoms with Crippen molar-refractivity contribution in [1.29, 1.82) is 0 Å². The van der Waals surface area contributed by atoms with Gasteiger partial charge in [-0.3, -0.25) is 9.78 Å². The van der Waals surface area contributed by atoms with Crippen molar-refractivity contribution in [1.82, 2.24) is 15.2 Å². The maximum atomic E-state index is 12.3. The van der Waals surface area contributed by atoms with Crippen LogP contribution in [0, 0.1) is 5.41 Å². The van der Waals surface area contributed by atoms with Crippen LogP contribution in [0.25, 0.3) is 0 Å². The molecule has 0 bridgehead atoms. The van der Waals surface area contributed by atoms with Crippen LogP contribution in [0.15, 0.2) is 11.7 Å². The van der Waals surface area contributed by atoms with Crippen molar-refractivity contribution in [3.05, 3.63) is 16.6 Å². The highest BCUT2D eigenvalue weighted by atomic mass is 32.1. The molecule has 2 saturated heterocycles. The van der Waals surface area contributed by atoms with E-state index in [2.05, 4.69) is 22.1 Å². The van der Waals surface area contributed by atoms with Gasteiger partial charge in [-0.05, 0) is 44.7 Å². The normalized spacial score (nSPS) is 24.1. The van der Waals surface area contributed by atoms with E-state index in [-0.39, 0.29) is 6.04 Å². The number of carbonyl (C=O) groups is 1. The third-order valence-electron chi connectivity index (χ3n) is 4.87. The zero-order valence-corrected chi connectivity index (χ0v) is 12.9. The molecule has 3 rings (SSSR count). The number of aromatic nitrogens is 1. The van der Waals surface area contributed by atoms with E-state index in [9.17, 15) is 4.79 Å². The summed E-state index contributed by atoms with van der Waals surface area (Å²) in [6, 6.07) is 0.287. The SMILES string of the molecule is C[C@H](Cc1cncs1)N1CC2(CCNCC2)CCC1=O. The molecule has 110 valence electrons. The summed E-state index contributed by atoms with van der Waals surface area (Å²) in [5, 5.41) is 3.44. The van der Waals surface area contributed by atoms with Gasteiger partial charge in [0.25, 0.3) is 0 Å². The fraction of sp³-hybridized carbons (Fsp3) is 0.733. The Balaban J connectivity index is 1.68. The molecule has 1 N–H and O–H groups in total. The van der Waals surface area contributed by atoms with Gasteiger partial charge in [-0.15, -0.1) is 11.3 Å². The Morgan fingerprint density at radius 2 is 2.25 bits per heavy atom. The number of nitrogens with one attached hydrogen (secondary N) is 1. The Hall–Kier alpha value is -0.940. The molecule has 1 spiro atoms. The quantitative estimate of drug-likeness (QED) is 0.928. The lowest BCUT2D eigenvalue weighted by Gasteiger charge is -2.47. The molecule has 20 heavy (non-hydrogen) atoms. The number of likely N-dealkylation sites (tertiary alicyclic amines) is 1. The minimum Gasteiger partial charge on any atom is -0.339 e. The number of amides is 1. The number of hydrogen-bond acceptors (Lipinski definition) is 4. The molecule has 0 aliphatic carbocycles. The van der Waals surface area contributed by atoms with Crippen LogP contribution < -0.4 is 5.32 Å². The Bertz CT molecular complexity index is 454. The molecule has 1 aromatic heterocycles. The third-order valence-corrected chi connectivity index (χ3v) is 5.67. The molecule has 0 radical (unpaired) electrons. The average molecular weight is 293 g/mol. The van der Waals surface area contributed by atoms with Crippen LogP contribution in [-0.4, -0.2) is 41.5 Å². The molecule has 3 heterocycles. The van der Waals surface area contributed by atoms with Crippen LogP contribution >= 0.6 is 11.3 Å². The number of thiazole rings is 1. The summed E-state index contributed by atoms with van der Waals surface area (Å²) >= 11 is 1.68. The zero-order chi connectivity index (χ0) is 14.0. The lowest BCUT2D eigenvalue weighted by atomic mass is 9.72. The van der Waals surface area contributed by atoms with Gasteiger partial charge in [-0.2, -0.15) is 0 Å². The molecule has 4 nitrogen and oxygen atoms in total. The summed E-state index contributed by atoms with van der Waals surface area (Å²) in [6.07, 6.45) is 7.10. The van der Waals surface area contributed by atoms with Crippen molar-refractivity contribution in [3.8, 4) is 0 Å². The molecule has 0 saturated carbocycles. The van der Waals surface area contributed by atoms with Crippen LogP contribution in [0.2, 0.25) is 0 Å². The zero-order valence-electron chi connectivity index (χ0n) is 12.1. The number of hydrogen-bond donors (Lipinski definition) is 1. The largest absolute Gasteiger partial charge is 0.339 e. The van der Waals surface area contributed by atoms with Gasteiger partial charge >= 0.3 is 0 Å². The molecular weight excluding hydrogens is 270 g/mol. The highest BCUT2D eigenvalue weighted by molar-refractivity contribution is 7.09. The second-order valence-corrected chi connectivity index (χ2v) is 7.26. The Kier molecular flexibility index (Phi) is 4.08. The summed E-state index contributed by atoms with van der Waals surface area (Å²) in [6.45, 7) is 5.34. The van der Waals surface area contributed by atoms with E-state index in [0.29, 0.717) is 11.3 Å². The fourth-order valence-electron chi connectivity index (χ4n) is 3.56. The van der Waals surface area contributed by atoms with Gasteiger partial charge in [0.05, 0.1) is 5.51 Å². The monoisotopic (exact) mass is 293 g/mol. The van der Waals surface area contributed by atoms with Crippen LogP contribution in [0.1, 0.15) is 37.5 Å². The van der Waals surface area contributed by atoms with Crippen LogP contribution in [0.5, 0.6) is 0 Å². The smallest absolute Gasteiger partial charge is 0.222 e. The summed E-state index contributed by atoms with van der Waals surface area (Å²) in [5.74, 6) is 0.339. The number of piperidine rings is 2. The molecular formula is C15H23N3OS. The van der Waals surface area contributed by atoms with E-state index in [4.69, 9.17) is 0 Å². The number of nitrogens with zero attached hydrogens (tertiary/aromatic N) is 2. The maximum Gasteiger partial charge on any atom is 0.222 e. The van der Waals surface area contributed by atoms with E-state index in [1.165, 1.54) is 17.7 Å². The Morgan fingerprint density at radius 3 is 2.95 bits per heavy atom. The van der Waals surface area contributed by atoms with Crippen molar-refractivity contribution < 1.29 is 4.79 Å². The van der Waals surface area contributed by atoms with E-state index in [1.54, 1.807) is 11.3 Å². The Labute approximate surface area is 124 Å². The summed E-state index contributed by atoms with van der Waals surface area (Å²) in [4.78, 5) is 19.8. The second kappa shape index (κ2) is 5.82. The van der Waals surface area contributed by atoms with Gasteiger partial charge in [-0.25, -0.2) is 0 Å². The van der Waals surface area contributed by atoms with Gasteiger partial charge in [0.15, 0.2) is 0 Å². The topological polar surface area (TPSA) is 45.2 Å². The van der Waals surface area contributed by atoms with E-state index in [0.717, 1.165) is 38.9 Å².